The third kappa shape index (κ3) is 4.37. The fraction of sp³-hybridized carbons (Fsp3) is 0.143. The Balaban J connectivity index is 1.53. The molecule has 2 N–H and O–H groups in total. The van der Waals surface area contributed by atoms with E-state index in [1.165, 1.54) is 11.3 Å². The van der Waals surface area contributed by atoms with Crippen molar-refractivity contribution in [2.45, 2.75) is 6.42 Å². The topological polar surface area (TPSA) is 58.2 Å². The fourth-order valence-corrected chi connectivity index (χ4v) is 3.52. The van der Waals surface area contributed by atoms with Gasteiger partial charge in [0.1, 0.15) is 0 Å². The maximum absolute atomic E-state index is 12.3. The molecule has 0 fully saturated rings. The molecule has 0 saturated heterocycles. The summed E-state index contributed by atoms with van der Waals surface area (Å²) in [5, 5.41) is 5.55. The van der Waals surface area contributed by atoms with E-state index in [2.05, 4.69) is 10.6 Å². The molecule has 2 amide bonds. The highest BCUT2D eigenvalue weighted by Gasteiger charge is 2.10. The third-order valence-corrected chi connectivity index (χ3v) is 5.16. The number of rotatable bonds is 6. The Morgan fingerprint density at radius 2 is 1.62 bits per heavy atom. The van der Waals surface area contributed by atoms with Crippen LogP contribution in [0.15, 0.2) is 66.7 Å². The molecular formula is C21H20N2O2S. The lowest BCUT2D eigenvalue weighted by atomic mass is 10.1. The van der Waals surface area contributed by atoms with Gasteiger partial charge in [-0.1, -0.05) is 42.5 Å². The van der Waals surface area contributed by atoms with Gasteiger partial charge in [0.2, 0.25) is 0 Å². The maximum Gasteiger partial charge on any atom is 0.261 e. The number of carbonyl (C=O) groups excluding carboxylic acids is 2. The minimum absolute atomic E-state index is 0.0563. The summed E-state index contributed by atoms with van der Waals surface area (Å²) in [5.41, 5.74) is 2.83. The quantitative estimate of drug-likeness (QED) is 0.700. The Bertz CT molecular complexity index is 886. The lowest BCUT2D eigenvalue weighted by molar-refractivity contribution is 0.0952. The number of benzene rings is 2. The molecule has 3 aromatic rings. The molecule has 3 rings (SSSR count). The predicted octanol–water partition coefficient (Wildman–Crippen LogP) is 3.75. The molecule has 26 heavy (non-hydrogen) atoms. The number of carbonyl (C=O) groups is 2. The zero-order chi connectivity index (χ0) is 18.4. The van der Waals surface area contributed by atoms with Gasteiger partial charge in [-0.3, -0.25) is 9.59 Å². The number of amides is 2. The molecule has 0 aliphatic carbocycles. The molecule has 0 bridgehead atoms. The fourth-order valence-electron chi connectivity index (χ4n) is 2.59. The average molecular weight is 364 g/mol. The van der Waals surface area contributed by atoms with Crippen LogP contribution in [-0.2, 0) is 6.42 Å². The van der Waals surface area contributed by atoms with Crippen LogP contribution >= 0.6 is 11.3 Å². The Labute approximate surface area is 156 Å². The summed E-state index contributed by atoms with van der Waals surface area (Å²) in [6, 6.07) is 21.3. The van der Waals surface area contributed by atoms with Crippen molar-refractivity contribution in [2.75, 3.05) is 13.6 Å². The number of hydrogen-bond acceptors (Lipinski definition) is 3. The van der Waals surface area contributed by atoms with Gasteiger partial charge in [-0.15, -0.1) is 11.3 Å². The highest BCUT2D eigenvalue weighted by molar-refractivity contribution is 7.17. The van der Waals surface area contributed by atoms with Crippen LogP contribution < -0.4 is 10.6 Å². The van der Waals surface area contributed by atoms with Crippen molar-refractivity contribution in [1.82, 2.24) is 10.6 Å². The van der Waals surface area contributed by atoms with Crippen molar-refractivity contribution in [1.29, 1.82) is 0 Å². The van der Waals surface area contributed by atoms with Crippen LogP contribution in [0.25, 0.3) is 10.4 Å². The highest BCUT2D eigenvalue weighted by atomic mass is 32.1. The third-order valence-electron chi connectivity index (χ3n) is 4.03. The second kappa shape index (κ2) is 8.45. The standard InChI is InChI=1S/C21H20N2O2S/c1-22-20(24)17-9-7-15(8-10-17)13-14-23-21(25)19-12-11-18(26-19)16-5-3-2-4-6-16/h2-12H,13-14H2,1H3,(H,22,24)(H,23,25). The van der Waals surface area contributed by atoms with E-state index >= 15 is 0 Å². The van der Waals surface area contributed by atoms with Crippen LogP contribution in [0.1, 0.15) is 25.6 Å². The average Bonchev–Trinajstić information content (AvgIpc) is 3.19. The van der Waals surface area contributed by atoms with Crippen molar-refractivity contribution in [3.05, 3.63) is 82.7 Å². The first-order valence-electron chi connectivity index (χ1n) is 8.42. The first kappa shape index (κ1) is 17.9. The van der Waals surface area contributed by atoms with Gasteiger partial charge >= 0.3 is 0 Å². The SMILES string of the molecule is CNC(=O)c1ccc(CCNC(=O)c2ccc(-c3ccccc3)s2)cc1. The van der Waals surface area contributed by atoms with Crippen LogP contribution in [-0.4, -0.2) is 25.4 Å². The Kier molecular flexibility index (Phi) is 5.81. The number of hydrogen-bond donors (Lipinski definition) is 2. The van der Waals surface area contributed by atoms with Gasteiger partial charge in [0.15, 0.2) is 0 Å². The van der Waals surface area contributed by atoms with E-state index in [-0.39, 0.29) is 11.8 Å². The normalized spacial score (nSPS) is 10.3. The Morgan fingerprint density at radius 3 is 2.31 bits per heavy atom. The van der Waals surface area contributed by atoms with E-state index in [1.807, 2.05) is 54.6 Å². The molecule has 4 nitrogen and oxygen atoms in total. The van der Waals surface area contributed by atoms with Crippen LogP contribution in [0.5, 0.6) is 0 Å². The summed E-state index contributed by atoms with van der Waals surface area (Å²) in [7, 11) is 1.61. The van der Waals surface area contributed by atoms with Crippen LogP contribution in [0.2, 0.25) is 0 Å². The summed E-state index contributed by atoms with van der Waals surface area (Å²) in [6.45, 7) is 0.552. The lowest BCUT2D eigenvalue weighted by Crippen LogP contribution is -2.24. The molecule has 132 valence electrons. The minimum atomic E-state index is -0.100. The Hall–Kier alpha value is -2.92. The molecule has 0 saturated carbocycles. The maximum atomic E-state index is 12.3. The molecule has 0 atom stereocenters. The smallest absolute Gasteiger partial charge is 0.261 e. The van der Waals surface area contributed by atoms with E-state index < -0.39 is 0 Å². The summed E-state index contributed by atoms with van der Waals surface area (Å²) >= 11 is 1.49. The molecule has 0 aliphatic heterocycles. The molecule has 1 aromatic heterocycles. The zero-order valence-electron chi connectivity index (χ0n) is 14.5. The van der Waals surface area contributed by atoms with Gasteiger partial charge in [0, 0.05) is 24.0 Å². The van der Waals surface area contributed by atoms with E-state index in [0.717, 1.165) is 22.4 Å². The van der Waals surface area contributed by atoms with E-state index in [9.17, 15) is 9.59 Å². The minimum Gasteiger partial charge on any atom is -0.355 e. The second-order valence-electron chi connectivity index (χ2n) is 5.81. The van der Waals surface area contributed by atoms with Gasteiger partial charge < -0.3 is 10.6 Å². The number of thiophene rings is 1. The van der Waals surface area contributed by atoms with E-state index in [1.54, 1.807) is 19.2 Å². The predicted molar refractivity (Wildman–Crippen MR) is 106 cm³/mol. The zero-order valence-corrected chi connectivity index (χ0v) is 15.3. The van der Waals surface area contributed by atoms with Gasteiger partial charge in [-0.05, 0) is 41.8 Å². The lowest BCUT2D eigenvalue weighted by Gasteiger charge is -2.05. The molecule has 0 unspecified atom stereocenters. The molecule has 1 heterocycles. The van der Waals surface area contributed by atoms with Gasteiger partial charge in [-0.25, -0.2) is 0 Å². The summed E-state index contributed by atoms with van der Waals surface area (Å²) in [4.78, 5) is 25.6. The van der Waals surface area contributed by atoms with Crippen LogP contribution in [0, 0.1) is 0 Å². The molecular weight excluding hydrogens is 344 g/mol. The van der Waals surface area contributed by atoms with E-state index in [4.69, 9.17) is 0 Å². The molecule has 5 heteroatoms. The molecule has 0 radical (unpaired) electrons. The van der Waals surface area contributed by atoms with Crippen molar-refractivity contribution in [2.24, 2.45) is 0 Å². The Morgan fingerprint density at radius 1 is 0.885 bits per heavy atom. The van der Waals surface area contributed by atoms with Gasteiger partial charge in [0.25, 0.3) is 11.8 Å². The van der Waals surface area contributed by atoms with E-state index in [0.29, 0.717) is 17.0 Å². The van der Waals surface area contributed by atoms with Crippen molar-refractivity contribution < 1.29 is 9.59 Å². The first-order valence-corrected chi connectivity index (χ1v) is 9.23. The summed E-state index contributed by atoms with van der Waals surface area (Å²) < 4.78 is 0. The number of nitrogens with one attached hydrogen (secondary N) is 2. The van der Waals surface area contributed by atoms with Crippen molar-refractivity contribution in [3.8, 4) is 10.4 Å². The van der Waals surface area contributed by atoms with Crippen molar-refractivity contribution in [3.63, 3.8) is 0 Å². The van der Waals surface area contributed by atoms with Gasteiger partial charge in [-0.2, -0.15) is 0 Å². The van der Waals surface area contributed by atoms with Crippen molar-refractivity contribution >= 4 is 23.2 Å². The molecule has 2 aromatic carbocycles. The first-order chi connectivity index (χ1) is 12.7. The van der Waals surface area contributed by atoms with Crippen LogP contribution in [0.4, 0.5) is 0 Å². The molecule has 0 spiro atoms. The second-order valence-corrected chi connectivity index (χ2v) is 6.90. The van der Waals surface area contributed by atoms with Gasteiger partial charge in [0.05, 0.1) is 4.88 Å². The highest BCUT2D eigenvalue weighted by Crippen LogP contribution is 2.27. The largest absolute Gasteiger partial charge is 0.355 e. The van der Waals surface area contributed by atoms with Crippen LogP contribution in [0.3, 0.4) is 0 Å². The summed E-state index contributed by atoms with van der Waals surface area (Å²) in [6.07, 6.45) is 0.719. The summed E-state index contributed by atoms with van der Waals surface area (Å²) in [5.74, 6) is -0.157. The monoisotopic (exact) mass is 364 g/mol. The molecule has 0 aliphatic rings.